The highest BCUT2D eigenvalue weighted by molar-refractivity contribution is 5.59. The summed E-state index contributed by atoms with van der Waals surface area (Å²) in [7, 11) is 0. The van der Waals surface area contributed by atoms with E-state index in [9.17, 15) is 4.79 Å². The molecule has 1 fully saturated rings. The Hall–Kier alpha value is -1.91. The fraction of sp³-hybridized carbons (Fsp3) is 0.588. The lowest BCUT2D eigenvalue weighted by atomic mass is 9.95. The van der Waals surface area contributed by atoms with E-state index in [0.29, 0.717) is 18.2 Å². The van der Waals surface area contributed by atoms with Crippen LogP contribution in [-0.2, 0) is 6.54 Å². The quantitative estimate of drug-likeness (QED) is 0.874. The Bertz CT molecular complexity index is 723. The van der Waals surface area contributed by atoms with Crippen LogP contribution in [0.1, 0.15) is 56.3 Å². The highest BCUT2D eigenvalue weighted by Gasteiger charge is 2.23. The first-order chi connectivity index (χ1) is 10.6. The molecule has 3 rings (SSSR count). The van der Waals surface area contributed by atoms with Crippen molar-refractivity contribution in [2.45, 2.75) is 65.5 Å². The van der Waals surface area contributed by atoms with Gasteiger partial charge < -0.3 is 4.57 Å². The molecule has 0 aliphatic heterocycles. The van der Waals surface area contributed by atoms with E-state index < -0.39 is 0 Å². The Balaban J connectivity index is 2.13. The van der Waals surface area contributed by atoms with Gasteiger partial charge in [0.25, 0.3) is 5.56 Å². The second-order valence-corrected chi connectivity index (χ2v) is 6.21. The zero-order chi connectivity index (χ0) is 15.7. The van der Waals surface area contributed by atoms with Gasteiger partial charge in [-0.3, -0.25) is 4.79 Å². The van der Waals surface area contributed by atoms with Crippen LogP contribution in [0.3, 0.4) is 0 Å². The zero-order valence-corrected chi connectivity index (χ0v) is 13.7. The average Bonchev–Trinajstić information content (AvgIpc) is 2.97. The second kappa shape index (κ2) is 6.07. The predicted molar refractivity (Wildman–Crippen MR) is 87.0 cm³/mol. The highest BCUT2D eigenvalue weighted by Crippen LogP contribution is 2.30. The van der Waals surface area contributed by atoms with Gasteiger partial charge in [0, 0.05) is 12.2 Å². The monoisotopic (exact) mass is 300 g/mol. The molecule has 0 spiro atoms. The number of hydrogen-bond donors (Lipinski definition) is 0. The fourth-order valence-corrected chi connectivity index (χ4v) is 3.61. The SMILES string of the molecule is CCn1c(C)cc(C)c(-c2ncnn2C2CCCCC2)c1=O. The van der Waals surface area contributed by atoms with Crippen LogP contribution in [0.4, 0.5) is 0 Å². The van der Waals surface area contributed by atoms with Crippen molar-refractivity contribution < 1.29 is 0 Å². The van der Waals surface area contributed by atoms with Crippen molar-refractivity contribution in [3.63, 3.8) is 0 Å². The van der Waals surface area contributed by atoms with Crippen molar-refractivity contribution in [1.82, 2.24) is 19.3 Å². The third-order valence-electron chi connectivity index (χ3n) is 4.74. The lowest BCUT2D eigenvalue weighted by Crippen LogP contribution is -2.26. The van der Waals surface area contributed by atoms with Gasteiger partial charge in [0.2, 0.25) is 0 Å². The van der Waals surface area contributed by atoms with Gasteiger partial charge in [0.15, 0.2) is 5.82 Å². The first-order valence-corrected chi connectivity index (χ1v) is 8.24. The molecule has 0 N–H and O–H groups in total. The molecule has 2 aromatic heterocycles. The molecule has 2 heterocycles. The lowest BCUT2D eigenvalue weighted by molar-refractivity contribution is 0.331. The van der Waals surface area contributed by atoms with Crippen LogP contribution in [0.25, 0.3) is 11.4 Å². The van der Waals surface area contributed by atoms with Gasteiger partial charge in [0.05, 0.1) is 11.6 Å². The van der Waals surface area contributed by atoms with Gasteiger partial charge in [-0.15, -0.1) is 0 Å². The van der Waals surface area contributed by atoms with E-state index in [1.807, 2.05) is 30.0 Å². The van der Waals surface area contributed by atoms with E-state index >= 15 is 0 Å². The maximum absolute atomic E-state index is 12.9. The molecule has 22 heavy (non-hydrogen) atoms. The molecule has 5 nitrogen and oxygen atoms in total. The van der Waals surface area contributed by atoms with Crippen molar-refractivity contribution in [3.8, 4) is 11.4 Å². The summed E-state index contributed by atoms with van der Waals surface area (Å²) in [5.74, 6) is 0.733. The molecule has 2 aromatic rings. The summed E-state index contributed by atoms with van der Waals surface area (Å²) >= 11 is 0. The molecule has 0 saturated heterocycles. The predicted octanol–water partition coefficient (Wildman–Crippen LogP) is 3.25. The van der Waals surface area contributed by atoms with Crippen LogP contribution >= 0.6 is 0 Å². The van der Waals surface area contributed by atoms with Crippen molar-refractivity contribution in [2.24, 2.45) is 0 Å². The summed E-state index contributed by atoms with van der Waals surface area (Å²) in [4.78, 5) is 17.3. The van der Waals surface area contributed by atoms with Gasteiger partial charge in [-0.25, -0.2) is 9.67 Å². The minimum Gasteiger partial charge on any atom is -0.313 e. The largest absolute Gasteiger partial charge is 0.313 e. The van der Waals surface area contributed by atoms with E-state index in [0.717, 1.165) is 29.9 Å². The topological polar surface area (TPSA) is 52.7 Å². The number of aromatic nitrogens is 4. The lowest BCUT2D eigenvalue weighted by Gasteiger charge is -2.23. The van der Waals surface area contributed by atoms with E-state index in [1.165, 1.54) is 19.3 Å². The standard InChI is InChI=1S/C17H24N4O/c1-4-20-13(3)10-12(2)15(17(20)22)16-18-11-19-21(16)14-8-6-5-7-9-14/h10-11,14H,4-9H2,1-3H3. The minimum absolute atomic E-state index is 0.0464. The fourth-order valence-electron chi connectivity index (χ4n) is 3.61. The number of nitrogens with zero attached hydrogens (tertiary/aromatic N) is 4. The van der Waals surface area contributed by atoms with Crippen molar-refractivity contribution in [2.75, 3.05) is 0 Å². The van der Waals surface area contributed by atoms with Crippen LogP contribution in [0.5, 0.6) is 0 Å². The van der Waals surface area contributed by atoms with Crippen molar-refractivity contribution in [3.05, 3.63) is 34.0 Å². The third-order valence-corrected chi connectivity index (χ3v) is 4.74. The Morgan fingerprint density at radius 2 is 1.95 bits per heavy atom. The van der Waals surface area contributed by atoms with E-state index in [1.54, 1.807) is 6.33 Å². The van der Waals surface area contributed by atoms with E-state index in [2.05, 4.69) is 16.1 Å². The van der Waals surface area contributed by atoms with Crippen LogP contribution in [-0.4, -0.2) is 19.3 Å². The summed E-state index contributed by atoms with van der Waals surface area (Å²) in [6, 6.07) is 2.45. The Morgan fingerprint density at radius 1 is 1.23 bits per heavy atom. The van der Waals surface area contributed by atoms with Gasteiger partial charge in [-0.05, 0) is 45.2 Å². The van der Waals surface area contributed by atoms with Crippen molar-refractivity contribution >= 4 is 0 Å². The summed E-state index contributed by atoms with van der Waals surface area (Å²) in [6.07, 6.45) is 7.60. The molecule has 0 bridgehead atoms. The Morgan fingerprint density at radius 3 is 2.64 bits per heavy atom. The molecule has 0 unspecified atom stereocenters. The number of aryl methyl sites for hydroxylation is 2. The van der Waals surface area contributed by atoms with Crippen LogP contribution in [0.2, 0.25) is 0 Å². The molecular formula is C17H24N4O. The average molecular weight is 300 g/mol. The Kier molecular flexibility index (Phi) is 4.14. The van der Waals surface area contributed by atoms with Crippen LogP contribution in [0, 0.1) is 13.8 Å². The summed E-state index contributed by atoms with van der Waals surface area (Å²) in [5.41, 5.74) is 2.73. The molecule has 0 atom stereocenters. The normalized spacial score (nSPS) is 16.1. The minimum atomic E-state index is 0.0464. The summed E-state index contributed by atoms with van der Waals surface area (Å²) in [6.45, 7) is 6.64. The van der Waals surface area contributed by atoms with Crippen LogP contribution < -0.4 is 5.56 Å². The summed E-state index contributed by atoms with van der Waals surface area (Å²) < 4.78 is 3.79. The first kappa shape index (κ1) is 15.0. The second-order valence-electron chi connectivity index (χ2n) is 6.21. The van der Waals surface area contributed by atoms with Crippen molar-refractivity contribution in [1.29, 1.82) is 0 Å². The molecule has 5 heteroatoms. The smallest absolute Gasteiger partial charge is 0.262 e. The Labute approximate surface area is 131 Å². The van der Waals surface area contributed by atoms with E-state index in [-0.39, 0.29) is 5.56 Å². The number of rotatable bonds is 3. The van der Waals surface area contributed by atoms with Gasteiger partial charge >= 0.3 is 0 Å². The number of pyridine rings is 1. The molecule has 0 aromatic carbocycles. The molecule has 0 radical (unpaired) electrons. The molecule has 0 amide bonds. The highest BCUT2D eigenvalue weighted by atomic mass is 16.1. The molecule has 1 aliphatic carbocycles. The maximum atomic E-state index is 12.9. The maximum Gasteiger partial charge on any atom is 0.262 e. The van der Waals surface area contributed by atoms with Crippen LogP contribution in [0.15, 0.2) is 17.2 Å². The summed E-state index contributed by atoms with van der Waals surface area (Å²) in [5, 5.41) is 4.43. The van der Waals surface area contributed by atoms with Gasteiger partial charge in [-0.2, -0.15) is 5.10 Å². The zero-order valence-electron chi connectivity index (χ0n) is 13.7. The molecule has 118 valence electrons. The van der Waals surface area contributed by atoms with E-state index in [4.69, 9.17) is 0 Å². The first-order valence-electron chi connectivity index (χ1n) is 8.24. The third kappa shape index (κ3) is 2.49. The molecule has 1 saturated carbocycles. The van der Waals surface area contributed by atoms with Gasteiger partial charge in [-0.1, -0.05) is 19.3 Å². The number of hydrogen-bond acceptors (Lipinski definition) is 3. The molecule has 1 aliphatic rings. The molecular weight excluding hydrogens is 276 g/mol. The van der Waals surface area contributed by atoms with Gasteiger partial charge in [0.1, 0.15) is 6.33 Å².